The molecule has 0 aromatic carbocycles. The van der Waals surface area contributed by atoms with Crippen molar-refractivity contribution in [2.45, 2.75) is 45.6 Å². The van der Waals surface area contributed by atoms with Gasteiger partial charge in [-0.25, -0.2) is 0 Å². The lowest BCUT2D eigenvalue weighted by molar-refractivity contribution is -0.137. The third-order valence-corrected chi connectivity index (χ3v) is 4.35. The van der Waals surface area contributed by atoms with E-state index in [0.29, 0.717) is 38.9 Å². The van der Waals surface area contributed by atoms with Crippen LogP contribution in [-0.2, 0) is 9.59 Å². The number of piperidine rings is 1. The van der Waals surface area contributed by atoms with Gasteiger partial charge in [0.05, 0.1) is 6.04 Å². The molecule has 1 unspecified atom stereocenters. The maximum Gasteiger partial charge on any atom is 0.239 e. The maximum atomic E-state index is 12.3. The topological polar surface area (TPSA) is 95.7 Å². The summed E-state index contributed by atoms with van der Waals surface area (Å²) in [5.41, 5.74) is 5.98. The highest BCUT2D eigenvalue weighted by molar-refractivity contribution is 5.83. The zero-order valence-electron chi connectivity index (χ0n) is 13.2. The summed E-state index contributed by atoms with van der Waals surface area (Å²) in [6, 6.07) is -0.440. The summed E-state index contributed by atoms with van der Waals surface area (Å²) in [5, 5.41) is 11.5. The second-order valence-corrected chi connectivity index (χ2v) is 5.88. The van der Waals surface area contributed by atoms with E-state index in [4.69, 9.17) is 10.8 Å². The van der Waals surface area contributed by atoms with E-state index in [1.807, 2.05) is 13.8 Å². The van der Waals surface area contributed by atoms with E-state index in [0.717, 1.165) is 6.42 Å². The zero-order chi connectivity index (χ0) is 15.8. The molecule has 2 amide bonds. The largest absolute Gasteiger partial charge is 0.396 e. The van der Waals surface area contributed by atoms with Gasteiger partial charge in [0.2, 0.25) is 11.8 Å². The van der Waals surface area contributed by atoms with E-state index in [1.54, 1.807) is 4.90 Å². The van der Waals surface area contributed by atoms with E-state index in [9.17, 15) is 9.59 Å². The van der Waals surface area contributed by atoms with E-state index in [1.165, 1.54) is 0 Å². The number of nitrogens with one attached hydrogen (secondary N) is 1. The molecule has 1 fully saturated rings. The van der Waals surface area contributed by atoms with E-state index in [2.05, 4.69) is 5.32 Å². The smallest absolute Gasteiger partial charge is 0.239 e. The van der Waals surface area contributed by atoms with Crippen molar-refractivity contribution in [3.05, 3.63) is 0 Å². The van der Waals surface area contributed by atoms with Gasteiger partial charge in [0.1, 0.15) is 0 Å². The fraction of sp³-hybridized carbons (Fsp3) is 0.867. The third-order valence-electron chi connectivity index (χ3n) is 4.35. The summed E-state index contributed by atoms with van der Waals surface area (Å²) in [7, 11) is 0. The molecule has 122 valence electrons. The number of nitrogens with two attached hydrogens (primary N) is 1. The van der Waals surface area contributed by atoms with E-state index < -0.39 is 6.04 Å². The number of rotatable bonds is 7. The van der Waals surface area contributed by atoms with Crippen molar-refractivity contribution in [3.8, 4) is 0 Å². The van der Waals surface area contributed by atoms with Crippen molar-refractivity contribution >= 4 is 11.8 Å². The predicted octanol–water partition coefficient (Wildman–Crippen LogP) is 0.0970. The van der Waals surface area contributed by atoms with Crippen LogP contribution in [0.15, 0.2) is 0 Å². The van der Waals surface area contributed by atoms with Crippen molar-refractivity contribution in [1.29, 1.82) is 0 Å². The molecule has 21 heavy (non-hydrogen) atoms. The first-order valence-electron chi connectivity index (χ1n) is 7.94. The van der Waals surface area contributed by atoms with Gasteiger partial charge in [-0.15, -0.1) is 0 Å². The van der Waals surface area contributed by atoms with Crippen LogP contribution in [0.5, 0.6) is 0 Å². The summed E-state index contributed by atoms with van der Waals surface area (Å²) < 4.78 is 0. The number of nitrogens with zero attached hydrogens (tertiary/aromatic N) is 1. The van der Waals surface area contributed by atoms with Gasteiger partial charge in [0, 0.05) is 32.2 Å². The number of carbonyl (C=O) groups excluding carboxylic acids is 2. The molecule has 0 aromatic heterocycles. The van der Waals surface area contributed by atoms with Crippen molar-refractivity contribution in [2.24, 2.45) is 17.6 Å². The molecule has 1 aliphatic heterocycles. The van der Waals surface area contributed by atoms with Crippen LogP contribution in [0.4, 0.5) is 0 Å². The van der Waals surface area contributed by atoms with Gasteiger partial charge in [-0.1, -0.05) is 20.3 Å². The van der Waals surface area contributed by atoms with Crippen LogP contribution in [0.3, 0.4) is 0 Å². The van der Waals surface area contributed by atoms with Crippen LogP contribution in [0, 0.1) is 11.8 Å². The van der Waals surface area contributed by atoms with Gasteiger partial charge in [0.15, 0.2) is 0 Å². The van der Waals surface area contributed by atoms with Crippen LogP contribution < -0.4 is 11.1 Å². The Kier molecular flexibility index (Phi) is 7.67. The fourth-order valence-corrected chi connectivity index (χ4v) is 2.51. The number of carbonyl (C=O) groups is 2. The van der Waals surface area contributed by atoms with Crippen LogP contribution in [0.25, 0.3) is 0 Å². The Hall–Kier alpha value is -1.14. The Morgan fingerprint density at radius 2 is 2.00 bits per heavy atom. The molecule has 1 heterocycles. The molecular formula is C15H29N3O3. The molecule has 1 rings (SSSR count). The molecular weight excluding hydrogens is 270 g/mol. The van der Waals surface area contributed by atoms with Gasteiger partial charge in [-0.2, -0.15) is 0 Å². The number of aliphatic hydroxyl groups excluding tert-OH is 1. The minimum absolute atomic E-state index is 0.00323. The van der Waals surface area contributed by atoms with Gasteiger partial charge >= 0.3 is 0 Å². The molecule has 0 radical (unpaired) electrons. The average Bonchev–Trinajstić information content (AvgIpc) is 2.52. The first-order chi connectivity index (χ1) is 10.0. The lowest BCUT2D eigenvalue weighted by atomic mass is 9.93. The molecule has 2 atom stereocenters. The molecule has 0 aromatic rings. The molecule has 6 heteroatoms. The van der Waals surface area contributed by atoms with Crippen LogP contribution in [0.1, 0.15) is 39.5 Å². The fourth-order valence-electron chi connectivity index (χ4n) is 2.51. The van der Waals surface area contributed by atoms with E-state index in [-0.39, 0.29) is 30.3 Å². The number of likely N-dealkylation sites (tertiary alicyclic amines) is 1. The second kappa shape index (κ2) is 9.00. The molecule has 1 saturated heterocycles. The molecule has 0 spiro atoms. The summed E-state index contributed by atoms with van der Waals surface area (Å²) >= 11 is 0. The quantitative estimate of drug-likeness (QED) is 0.581. The Balaban J connectivity index is 2.37. The van der Waals surface area contributed by atoms with Gasteiger partial charge in [-0.05, 0) is 25.2 Å². The lowest BCUT2D eigenvalue weighted by Crippen LogP contribution is -2.50. The highest BCUT2D eigenvalue weighted by Crippen LogP contribution is 2.19. The molecule has 0 aliphatic carbocycles. The summed E-state index contributed by atoms with van der Waals surface area (Å²) in [4.78, 5) is 26.0. The molecule has 1 aliphatic rings. The Morgan fingerprint density at radius 3 is 2.52 bits per heavy atom. The van der Waals surface area contributed by atoms with Crippen molar-refractivity contribution in [1.82, 2.24) is 10.2 Å². The van der Waals surface area contributed by atoms with E-state index >= 15 is 0 Å². The monoisotopic (exact) mass is 299 g/mol. The Morgan fingerprint density at radius 1 is 1.38 bits per heavy atom. The lowest BCUT2D eigenvalue weighted by Gasteiger charge is -2.34. The minimum atomic E-state index is -0.440. The molecule has 0 bridgehead atoms. The number of hydrogen-bond donors (Lipinski definition) is 3. The maximum absolute atomic E-state index is 12.3. The van der Waals surface area contributed by atoms with Gasteiger partial charge in [-0.3, -0.25) is 9.59 Å². The van der Waals surface area contributed by atoms with Crippen molar-refractivity contribution in [3.63, 3.8) is 0 Å². The predicted molar refractivity (Wildman–Crippen MR) is 81.4 cm³/mol. The normalized spacial score (nSPS) is 19.1. The summed E-state index contributed by atoms with van der Waals surface area (Å²) in [6.45, 7) is 5.81. The second-order valence-electron chi connectivity index (χ2n) is 5.88. The summed E-state index contributed by atoms with van der Waals surface area (Å²) in [6.07, 6.45) is 2.83. The first-order valence-corrected chi connectivity index (χ1v) is 7.94. The van der Waals surface area contributed by atoms with Gasteiger partial charge in [0.25, 0.3) is 0 Å². The first kappa shape index (κ1) is 17.9. The van der Waals surface area contributed by atoms with Crippen LogP contribution in [-0.4, -0.2) is 54.1 Å². The zero-order valence-corrected chi connectivity index (χ0v) is 13.2. The number of aliphatic hydroxyl groups is 1. The molecule has 6 nitrogen and oxygen atoms in total. The van der Waals surface area contributed by atoms with Crippen LogP contribution in [0.2, 0.25) is 0 Å². The average molecular weight is 299 g/mol. The Labute approximate surface area is 127 Å². The highest BCUT2D eigenvalue weighted by atomic mass is 16.3. The van der Waals surface area contributed by atoms with Crippen molar-refractivity contribution < 1.29 is 14.7 Å². The summed E-state index contributed by atoms with van der Waals surface area (Å²) in [5.74, 6) is 0.176. The standard InChI is InChI=1S/C15H29N3O3/c1-3-11(2)13(16)15(21)18-8-5-12(6-9-18)14(20)17-7-4-10-19/h11-13,19H,3-10,16H2,1-2H3,(H,17,20)/t11?,13-/m0/s1. The third kappa shape index (κ3) is 5.28. The Bertz CT molecular complexity index is 341. The molecule has 4 N–H and O–H groups in total. The SMILES string of the molecule is CCC(C)[C@H](N)C(=O)N1CCC(C(=O)NCCCO)CC1. The molecule has 0 saturated carbocycles. The van der Waals surface area contributed by atoms with Crippen molar-refractivity contribution in [2.75, 3.05) is 26.2 Å². The number of amides is 2. The number of hydrogen-bond acceptors (Lipinski definition) is 4. The highest BCUT2D eigenvalue weighted by Gasteiger charge is 2.30. The van der Waals surface area contributed by atoms with Gasteiger partial charge < -0.3 is 21.1 Å². The van der Waals surface area contributed by atoms with Crippen LogP contribution >= 0.6 is 0 Å². The minimum Gasteiger partial charge on any atom is -0.396 e.